The molecule has 1 heterocycles. The molecule has 1 aromatic heterocycles. The van der Waals surface area contributed by atoms with Crippen LogP contribution in [-0.4, -0.2) is 10.9 Å². The van der Waals surface area contributed by atoms with Gasteiger partial charge in [-0.05, 0) is 48.5 Å². The van der Waals surface area contributed by atoms with Crippen LogP contribution < -0.4 is 14.8 Å². The fourth-order valence-corrected chi connectivity index (χ4v) is 3.50. The zero-order chi connectivity index (χ0) is 21.5. The van der Waals surface area contributed by atoms with Crippen molar-refractivity contribution in [1.82, 2.24) is 4.98 Å². The van der Waals surface area contributed by atoms with Crippen LogP contribution in [0.5, 0.6) is 11.5 Å². The highest BCUT2D eigenvalue weighted by Gasteiger charge is 2.13. The number of amides is 1. The van der Waals surface area contributed by atoms with Crippen molar-refractivity contribution >= 4 is 22.9 Å². The lowest BCUT2D eigenvalue weighted by Crippen LogP contribution is -2.13. The molecule has 7 heteroatoms. The van der Waals surface area contributed by atoms with Crippen molar-refractivity contribution in [2.24, 2.45) is 0 Å². The number of carbonyl (C=O) groups excluding carboxylic acids is 1. The number of hydrogen-bond acceptors (Lipinski definition) is 5. The molecule has 0 atom stereocenters. The second-order valence-corrected chi connectivity index (χ2v) is 7.52. The minimum atomic E-state index is -0.307. The number of rotatable bonds is 8. The number of nitrogens with zero attached hydrogens (tertiary/aromatic N) is 1. The van der Waals surface area contributed by atoms with Gasteiger partial charge in [-0.15, -0.1) is 11.3 Å². The van der Waals surface area contributed by atoms with Crippen molar-refractivity contribution in [2.45, 2.75) is 13.2 Å². The average Bonchev–Trinajstić information content (AvgIpc) is 3.26. The summed E-state index contributed by atoms with van der Waals surface area (Å²) in [5.74, 6) is 0.507. The van der Waals surface area contributed by atoms with E-state index < -0.39 is 0 Å². The highest BCUT2D eigenvalue weighted by atomic mass is 32.1. The molecule has 0 fully saturated rings. The van der Waals surface area contributed by atoms with E-state index in [-0.39, 0.29) is 24.9 Å². The average molecular weight is 434 g/mol. The molecule has 0 saturated carbocycles. The van der Waals surface area contributed by atoms with Gasteiger partial charge in [-0.25, -0.2) is 9.37 Å². The lowest BCUT2D eigenvalue weighted by Gasteiger charge is -2.11. The third-order valence-electron chi connectivity index (χ3n) is 4.31. The summed E-state index contributed by atoms with van der Waals surface area (Å²) in [5, 5.41) is 5.53. The monoisotopic (exact) mass is 434 g/mol. The topological polar surface area (TPSA) is 60.5 Å². The smallest absolute Gasteiger partial charge is 0.259 e. The predicted octanol–water partition coefficient (Wildman–Crippen LogP) is 5.69. The molecular formula is C24H19FN2O3S. The van der Waals surface area contributed by atoms with Crippen LogP contribution in [0, 0.1) is 5.82 Å². The molecule has 0 radical (unpaired) electrons. The van der Waals surface area contributed by atoms with Crippen molar-refractivity contribution in [3.8, 4) is 11.5 Å². The molecule has 0 saturated heterocycles. The number of para-hydroxylation sites is 2. The van der Waals surface area contributed by atoms with Gasteiger partial charge in [0.2, 0.25) is 0 Å². The fourth-order valence-electron chi connectivity index (χ4n) is 2.81. The second-order valence-electron chi connectivity index (χ2n) is 6.58. The van der Waals surface area contributed by atoms with E-state index in [1.54, 1.807) is 30.3 Å². The van der Waals surface area contributed by atoms with E-state index in [9.17, 15) is 9.18 Å². The molecular weight excluding hydrogens is 415 g/mol. The number of halogens is 1. The Balaban J connectivity index is 1.35. The molecule has 3 aromatic carbocycles. The van der Waals surface area contributed by atoms with Gasteiger partial charge in [0.05, 0.1) is 11.3 Å². The molecule has 0 aliphatic heterocycles. The maximum absolute atomic E-state index is 13.0. The van der Waals surface area contributed by atoms with E-state index in [1.807, 2.05) is 41.8 Å². The van der Waals surface area contributed by atoms with Crippen molar-refractivity contribution in [2.75, 3.05) is 5.32 Å². The summed E-state index contributed by atoms with van der Waals surface area (Å²) in [4.78, 5) is 17.1. The molecule has 0 bridgehead atoms. The summed E-state index contributed by atoms with van der Waals surface area (Å²) >= 11 is 1.45. The maximum atomic E-state index is 13.0. The molecule has 0 aliphatic rings. The van der Waals surface area contributed by atoms with Gasteiger partial charge < -0.3 is 14.8 Å². The molecule has 0 unspecified atom stereocenters. The number of nitrogens with one attached hydrogen (secondary N) is 1. The highest BCUT2D eigenvalue weighted by molar-refractivity contribution is 7.09. The summed E-state index contributed by atoms with van der Waals surface area (Å²) in [6, 6.07) is 22.2. The van der Waals surface area contributed by atoms with Crippen LogP contribution in [0.3, 0.4) is 0 Å². The minimum Gasteiger partial charge on any atom is -0.486 e. The van der Waals surface area contributed by atoms with Gasteiger partial charge in [-0.3, -0.25) is 4.79 Å². The van der Waals surface area contributed by atoms with Crippen molar-refractivity contribution in [3.63, 3.8) is 0 Å². The fraction of sp³-hybridized carbons (Fsp3) is 0.0833. The first-order chi connectivity index (χ1) is 15.2. The van der Waals surface area contributed by atoms with Crippen LogP contribution in [-0.2, 0) is 13.2 Å². The number of ether oxygens (including phenoxy) is 2. The quantitative estimate of drug-likeness (QED) is 0.387. The van der Waals surface area contributed by atoms with Gasteiger partial charge in [0.1, 0.15) is 35.5 Å². The first kappa shape index (κ1) is 20.6. The molecule has 4 rings (SSSR count). The lowest BCUT2D eigenvalue weighted by molar-refractivity contribution is 0.102. The van der Waals surface area contributed by atoms with Crippen LogP contribution in [0.2, 0.25) is 0 Å². The van der Waals surface area contributed by atoms with E-state index in [0.717, 1.165) is 10.7 Å². The highest BCUT2D eigenvalue weighted by Crippen LogP contribution is 2.22. The Kier molecular flexibility index (Phi) is 6.54. The van der Waals surface area contributed by atoms with E-state index in [1.165, 1.54) is 23.5 Å². The number of aromatic nitrogens is 1. The van der Waals surface area contributed by atoms with Crippen LogP contribution in [0.15, 0.2) is 84.2 Å². The molecule has 1 N–H and O–H groups in total. The Morgan fingerprint density at radius 1 is 0.903 bits per heavy atom. The summed E-state index contributed by atoms with van der Waals surface area (Å²) in [7, 11) is 0. The maximum Gasteiger partial charge on any atom is 0.259 e. The molecule has 31 heavy (non-hydrogen) atoms. The summed E-state index contributed by atoms with van der Waals surface area (Å²) < 4.78 is 24.5. The lowest BCUT2D eigenvalue weighted by atomic mass is 10.2. The number of carbonyl (C=O) groups is 1. The molecule has 1 amide bonds. The van der Waals surface area contributed by atoms with Crippen molar-refractivity contribution in [3.05, 3.63) is 106 Å². The SMILES string of the molecule is O=C(Nc1ccccc1)c1ccccc1OCc1csc(COc2ccc(F)cc2)n1. The van der Waals surface area contributed by atoms with Gasteiger partial charge in [-0.2, -0.15) is 0 Å². The van der Waals surface area contributed by atoms with E-state index in [2.05, 4.69) is 10.3 Å². The Morgan fingerprint density at radius 2 is 1.65 bits per heavy atom. The van der Waals surface area contributed by atoms with Gasteiger partial charge in [0.15, 0.2) is 0 Å². The summed E-state index contributed by atoms with van der Waals surface area (Å²) in [6.45, 7) is 0.509. The van der Waals surface area contributed by atoms with Crippen LogP contribution in [0.4, 0.5) is 10.1 Å². The molecule has 0 spiro atoms. The van der Waals surface area contributed by atoms with Gasteiger partial charge in [0, 0.05) is 11.1 Å². The van der Waals surface area contributed by atoms with Gasteiger partial charge in [-0.1, -0.05) is 30.3 Å². The Hall–Kier alpha value is -3.71. The Bertz CT molecular complexity index is 1150. The Labute approximate surface area is 183 Å². The normalized spacial score (nSPS) is 10.5. The van der Waals surface area contributed by atoms with Crippen LogP contribution in [0.25, 0.3) is 0 Å². The van der Waals surface area contributed by atoms with Crippen molar-refractivity contribution < 1.29 is 18.7 Å². The Morgan fingerprint density at radius 3 is 2.45 bits per heavy atom. The number of anilines is 1. The number of benzene rings is 3. The van der Waals surface area contributed by atoms with Crippen molar-refractivity contribution in [1.29, 1.82) is 0 Å². The first-order valence-corrected chi connectivity index (χ1v) is 10.5. The predicted molar refractivity (Wildman–Crippen MR) is 118 cm³/mol. The van der Waals surface area contributed by atoms with Gasteiger partial charge >= 0.3 is 0 Å². The van der Waals surface area contributed by atoms with Gasteiger partial charge in [0.25, 0.3) is 5.91 Å². The minimum absolute atomic E-state index is 0.225. The summed E-state index contributed by atoms with van der Waals surface area (Å²) in [5.41, 5.74) is 1.90. The third kappa shape index (κ3) is 5.67. The van der Waals surface area contributed by atoms with E-state index in [0.29, 0.717) is 22.7 Å². The second kappa shape index (κ2) is 9.86. The molecule has 156 valence electrons. The van der Waals surface area contributed by atoms with E-state index >= 15 is 0 Å². The number of hydrogen-bond donors (Lipinski definition) is 1. The standard InChI is InChI=1S/C24H19FN2O3S/c25-17-10-12-20(13-11-17)29-15-23-26-19(16-31-23)14-30-22-9-5-4-8-21(22)24(28)27-18-6-2-1-3-7-18/h1-13,16H,14-15H2,(H,27,28). The first-order valence-electron chi connectivity index (χ1n) is 9.57. The molecule has 4 aromatic rings. The molecule has 5 nitrogen and oxygen atoms in total. The van der Waals surface area contributed by atoms with Crippen LogP contribution in [0.1, 0.15) is 21.1 Å². The number of thiazole rings is 1. The zero-order valence-corrected chi connectivity index (χ0v) is 17.3. The largest absolute Gasteiger partial charge is 0.486 e. The third-order valence-corrected chi connectivity index (χ3v) is 5.19. The molecule has 0 aliphatic carbocycles. The summed E-state index contributed by atoms with van der Waals surface area (Å²) in [6.07, 6.45) is 0. The van der Waals surface area contributed by atoms with E-state index in [4.69, 9.17) is 9.47 Å². The zero-order valence-electron chi connectivity index (χ0n) is 16.5. The van der Waals surface area contributed by atoms with Crippen LogP contribution >= 0.6 is 11.3 Å².